The minimum Gasteiger partial charge on any atom is -0.462 e. The quantitative estimate of drug-likeness (QED) is 0.808. The van der Waals surface area contributed by atoms with E-state index in [9.17, 15) is 9.59 Å². The van der Waals surface area contributed by atoms with Crippen LogP contribution in [0.15, 0.2) is 6.20 Å². The molecule has 1 aromatic rings. The zero-order valence-corrected chi connectivity index (χ0v) is 13.4. The second-order valence-corrected chi connectivity index (χ2v) is 5.77. The molecular weight excluding hydrogens is 284 g/mol. The van der Waals surface area contributed by atoms with Gasteiger partial charge in [0.15, 0.2) is 0 Å². The molecule has 0 atom stereocenters. The Balaban J connectivity index is 1.93. The van der Waals surface area contributed by atoms with Gasteiger partial charge < -0.3 is 15.0 Å². The molecule has 1 amide bonds. The van der Waals surface area contributed by atoms with Crippen molar-refractivity contribution in [1.82, 2.24) is 15.1 Å². The van der Waals surface area contributed by atoms with E-state index in [0.29, 0.717) is 11.9 Å². The minimum atomic E-state index is -0.485. The predicted octanol–water partition coefficient (Wildman–Crippen LogP) is 1.65. The number of ether oxygens (including phenoxy) is 1. The van der Waals surface area contributed by atoms with Gasteiger partial charge in [-0.05, 0) is 46.7 Å². The average Bonchev–Trinajstić information content (AvgIpc) is 2.95. The number of anilines is 1. The van der Waals surface area contributed by atoms with Crippen LogP contribution in [-0.4, -0.2) is 52.7 Å². The number of likely N-dealkylation sites (tertiary alicyclic amines) is 1. The molecule has 22 heavy (non-hydrogen) atoms. The maximum atomic E-state index is 12.3. The van der Waals surface area contributed by atoms with Gasteiger partial charge in [0.25, 0.3) is 0 Å². The van der Waals surface area contributed by atoms with Crippen LogP contribution in [0.4, 0.5) is 5.82 Å². The number of nitrogens with zero attached hydrogens (tertiary/aromatic N) is 2. The van der Waals surface area contributed by atoms with E-state index in [1.807, 2.05) is 0 Å². The molecule has 2 rings (SSSR count). The summed E-state index contributed by atoms with van der Waals surface area (Å²) in [6.45, 7) is 8.18. The second-order valence-electron chi connectivity index (χ2n) is 5.77. The fourth-order valence-electron chi connectivity index (χ4n) is 2.65. The second kappa shape index (κ2) is 7.40. The summed E-state index contributed by atoms with van der Waals surface area (Å²) in [5.74, 6) is -0.275. The molecule has 0 unspecified atom stereocenters. The summed E-state index contributed by atoms with van der Waals surface area (Å²) in [4.78, 5) is 26.5. The van der Waals surface area contributed by atoms with Crippen molar-refractivity contribution < 1.29 is 14.3 Å². The molecule has 122 valence electrons. The van der Waals surface area contributed by atoms with Crippen LogP contribution in [0.5, 0.6) is 0 Å². The molecule has 0 saturated carbocycles. The molecule has 0 radical (unpaired) electrons. The Bertz CT molecular complexity index is 519. The van der Waals surface area contributed by atoms with Gasteiger partial charge in [0.2, 0.25) is 5.91 Å². The average molecular weight is 308 g/mol. The first-order valence-electron chi connectivity index (χ1n) is 7.78. The van der Waals surface area contributed by atoms with Crippen molar-refractivity contribution in [3.63, 3.8) is 0 Å². The molecule has 7 nitrogen and oxygen atoms in total. The smallest absolute Gasteiger partial charge is 0.343 e. The van der Waals surface area contributed by atoms with Gasteiger partial charge >= 0.3 is 5.97 Å². The number of piperidine rings is 1. The third-order valence-corrected chi connectivity index (χ3v) is 4.01. The molecule has 0 aliphatic carbocycles. The SMILES string of the molecule is CCOC(=O)c1cn[nH]c1NC(=O)C1CCN(C(C)C)CC1. The number of hydrogen-bond acceptors (Lipinski definition) is 5. The molecule has 1 saturated heterocycles. The predicted molar refractivity (Wildman–Crippen MR) is 82.6 cm³/mol. The monoisotopic (exact) mass is 308 g/mol. The van der Waals surface area contributed by atoms with Gasteiger partial charge in [0.05, 0.1) is 12.8 Å². The summed E-state index contributed by atoms with van der Waals surface area (Å²) >= 11 is 0. The lowest BCUT2D eigenvalue weighted by Crippen LogP contribution is -2.41. The molecule has 1 aromatic heterocycles. The Morgan fingerprint density at radius 3 is 2.73 bits per heavy atom. The molecule has 0 bridgehead atoms. The maximum absolute atomic E-state index is 12.3. The number of esters is 1. The topological polar surface area (TPSA) is 87.3 Å². The van der Waals surface area contributed by atoms with Crippen LogP contribution in [0, 0.1) is 5.92 Å². The van der Waals surface area contributed by atoms with Crippen LogP contribution in [-0.2, 0) is 9.53 Å². The first-order valence-corrected chi connectivity index (χ1v) is 7.78. The number of aromatic nitrogens is 2. The van der Waals surface area contributed by atoms with Crippen molar-refractivity contribution in [3.05, 3.63) is 11.8 Å². The number of aromatic amines is 1. The normalized spacial score (nSPS) is 16.7. The molecule has 2 heterocycles. The van der Waals surface area contributed by atoms with Crippen molar-refractivity contribution in [1.29, 1.82) is 0 Å². The van der Waals surface area contributed by atoms with E-state index in [-0.39, 0.29) is 24.0 Å². The summed E-state index contributed by atoms with van der Waals surface area (Å²) in [7, 11) is 0. The molecule has 1 aliphatic heterocycles. The number of carbonyl (C=O) groups is 2. The lowest BCUT2D eigenvalue weighted by molar-refractivity contribution is -0.121. The van der Waals surface area contributed by atoms with Crippen LogP contribution >= 0.6 is 0 Å². The van der Waals surface area contributed by atoms with E-state index in [1.165, 1.54) is 6.20 Å². The van der Waals surface area contributed by atoms with Gasteiger partial charge in [0, 0.05) is 12.0 Å². The van der Waals surface area contributed by atoms with Crippen molar-refractivity contribution in [3.8, 4) is 0 Å². The standard InChI is InChI=1S/C15H24N4O3/c1-4-22-15(21)12-9-16-18-13(12)17-14(20)11-5-7-19(8-6-11)10(2)3/h9-11H,4-8H2,1-3H3,(H2,16,17,18,20). The maximum Gasteiger partial charge on any atom is 0.343 e. The lowest BCUT2D eigenvalue weighted by Gasteiger charge is -2.33. The summed E-state index contributed by atoms with van der Waals surface area (Å²) in [5.41, 5.74) is 0.259. The number of carbonyl (C=O) groups excluding carboxylic acids is 2. The number of hydrogen-bond donors (Lipinski definition) is 2. The van der Waals surface area contributed by atoms with Gasteiger partial charge in [0.1, 0.15) is 11.4 Å². The molecule has 0 aromatic carbocycles. The van der Waals surface area contributed by atoms with Gasteiger partial charge in [-0.3, -0.25) is 9.89 Å². The lowest BCUT2D eigenvalue weighted by atomic mass is 9.95. The van der Waals surface area contributed by atoms with Crippen LogP contribution in [0.25, 0.3) is 0 Å². The Morgan fingerprint density at radius 2 is 2.14 bits per heavy atom. The molecule has 2 N–H and O–H groups in total. The molecule has 7 heteroatoms. The van der Waals surface area contributed by atoms with Gasteiger partial charge in [-0.15, -0.1) is 0 Å². The van der Waals surface area contributed by atoms with Crippen LogP contribution in [0.2, 0.25) is 0 Å². The Kier molecular flexibility index (Phi) is 5.54. The number of rotatable bonds is 5. The highest BCUT2D eigenvalue weighted by Gasteiger charge is 2.27. The minimum absolute atomic E-state index is 0.0339. The van der Waals surface area contributed by atoms with Crippen LogP contribution in [0.1, 0.15) is 44.0 Å². The fraction of sp³-hybridized carbons (Fsp3) is 0.667. The summed E-state index contributed by atoms with van der Waals surface area (Å²) < 4.78 is 4.94. The third kappa shape index (κ3) is 3.85. The zero-order chi connectivity index (χ0) is 16.1. The number of nitrogens with one attached hydrogen (secondary N) is 2. The molecule has 0 spiro atoms. The van der Waals surface area contributed by atoms with Crippen molar-refractivity contribution in [2.24, 2.45) is 5.92 Å². The van der Waals surface area contributed by atoms with Gasteiger partial charge in [-0.25, -0.2) is 4.79 Å². The summed E-state index contributed by atoms with van der Waals surface area (Å²) in [6, 6.07) is 0.507. The highest BCUT2D eigenvalue weighted by atomic mass is 16.5. The van der Waals surface area contributed by atoms with Crippen molar-refractivity contribution >= 4 is 17.7 Å². The Morgan fingerprint density at radius 1 is 1.45 bits per heavy atom. The largest absolute Gasteiger partial charge is 0.462 e. The molecule has 1 aliphatic rings. The fourth-order valence-corrected chi connectivity index (χ4v) is 2.65. The van der Waals surface area contributed by atoms with E-state index in [0.717, 1.165) is 25.9 Å². The van der Waals surface area contributed by atoms with Crippen LogP contribution in [0.3, 0.4) is 0 Å². The van der Waals surface area contributed by atoms with E-state index >= 15 is 0 Å². The Hall–Kier alpha value is -1.89. The van der Waals surface area contributed by atoms with Gasteiger partial charge in [-0.2, -0.15) is 5.10 Å². The zero-order valence-electron chi connectivity index (χ0n) is 13.4. The number of amides is 1. The van der Waals surface area contributed by atoms with E-state index in [4.69, 9.17) is 4.74 Å². The van der Waals surface area contributed by atoms with Crippen molar-refractivity contribution in [2.45, 2.75) is 39.7 Å². The van der Waals surface area contributed by atoms with E-state index in [2.05, 4.69) is 34.3 Å². The highest BCUT2D eigenvalue weighted by molar-refractivity contribution is 6.00. The number of H-pyrrole nitrogens is 1. The van der Waals surface area contributed by atoms with Crippen LogP contribution < -0.4 is 5.32 Å². The highest BCUT2D eigenvalue weighted by Crippen LogP contribution is 2.21. The van der Waals surface area contributed by atoms with Gasteiger partial charge in [-0.1, -0.05) is 0 Å². The summed E-state index contributed by atoms with van der Waals surface area (Å²) in [5, 5.41) is 9.23. The third-order valence-electron chi connectivity index (χ3n) is 4.01. The van der Waals surface area contributed by atoms with E-state index < -0.39 is 5.97 Å². The molecular formula is C15H24N4O3. The first-order chi connectivity index (χ1) is 10.5. The Labute approximate surface area is 130 Å². The first kappa shape index (κ1) is 16.5. The van der Waals surface area contributed by atoms with Crippen molar-refractivity contribution in [2.75, 3.05) is 25.0 Å². The molecule has 1 fully saturated rings. The summed E-state index contributed by atoms with van der Waals surface area (Å²) in [6.07, 6.45) is 3.02. The van der Waals surface area contributed by atoms with E-state index in [1.54, 1.807) is 6.92 Å².